The number of anilines is 1. The lowest BCUT2D eigenvalue weighted by Crippen LogP contribution is -2.10. The molecule has 2 aromatic rings. The van der Waals surface area contributed by atoms with E-state index in [9.17, 15) is 9.90 Å². The summed E-state index contributed by atoms with van der Waals surface area (Å²) < 4.78 is 0. The molecule has 0 aliphatic carbocycles. The van der Waals surface area contributed by atoms with Gasteiger partial charge in [0.2, 0.25) is 5.91 Å². The Morgan fingerprint density at radius 1 is 1.38 bits per heavy atom. The molecule has 108 valence electrons. The van der Waals surface area contributed by atoms with Crippen molar-refractivity contribution in [1.82, 2.24) is 4.98 Å². The lowest BCUT2D eigenvalue weighted by atomic mass is 10.1. The molecule has 0 aliphatic heterocycles. The molecule has 0 unspecified atom stereocenters. The Kier molecular flexibility index (Phi) is 5.09. The fourth-order valence-corrected chi connectivity index (χ4v) is 2.18. The molecule has 0 fully saturated rings. The van der Waals surface area contributed by atoms with E-state index in [1.807, 2.05) is 25.1 Å². The minimum atomic E-state index is -0.296. The Balaban J connectivity index is 2.18. The van der Waals surface area contributed by atoms with E-state index in [-0.39, 0.29) is 12.5 Å². The lowest BCUT2D eigenvalue weighted by Gasteiger charge is -2.08. The van der Waals surface area contributed by atoms with Gasteiger partial charge in [-0.2, -0.15) is 0 Å². The standard InChI is InChI=1S/C16H15ClN2O2/c1-11(13-4-2-3-5-14(13)17)8-16(21)19-15-9-18-7-6-12(15)10-20/h2-9,20H,10H2,1H3,(H,19,21)/b11-8-. The zero-order valence-electron chi connectivity index (χ0n) is 11.5. The fraction of sp³-hybridized carbons (Fsp3) is 0.125. The van der Waals surface area contributed by atoms with Gasteiger partial charge in [0.15, 0.2) is 0 Å². The Morgan fingerprint density at radius 2 is 2.14 bits per heavy atom. The third kappa shape index (κ3) is 3.90. The summed E-state index contributed by atoms with van der Waals surface area (Å²) in [5.74, 6) is -0.296. The average molecular weight is 303 g/mol. The van der Waals surface area contributed by atoms with Crippen LogP contribution in [0.15, 0.2) is 48.8 Å². The molecule has 2 N–H and O–H groups in total. The maximum absolute atomic E-state index is 12.0. The molecule has 0 aliphatic rings. The molecule has 0 radical (unpaired) electrons. The number of carbonyl (C=O) groups excluding carboxylic acids is 1. The number of aromatic nitrogens is 1. The van der Waals surface area contributed by atoms with Gasteiger partial charge in [-0.15, -0.1) is 0 Å². The summed E-state index contributed by atoms with van der Waals surface area (Å²) in [4.78, 5) is 16.0. The highest BCUT2D eigenvalue weighted by Crippen LogP contribution is 2.23. The van der Waals surface area contributed by atoms with E-state index in [4.69, 9.17) is 11.6 Å². The minimum absolute atomic E-state index is 0.161. The molecule has 1 aromatic heterocycles. The molecule has 0 saturated heterocycles. The van der Waals surface area contributed by atoms with E-state index in [0.29, 0.717) is 16.3 Å². The lowest BCUT2D eigenvalue weighted by molar-refractivity contribution is -0.111. The van der Waals surface area contributed by atoms with Gasteiger partial charge in [0.05, 0.1) is 18.5 Å². The van der Waals surface area contributed by atoms with Crippen molar-refractivity contribution in [3.05, 3.63) is 65.0 Å². The van der Waals surface area contributed by atoms with Gasteiger partial charge in [0, 0.05) is 22.9 Å². The van der Waals surface area contributed by atoms with Crippen LogP contribution in [0, 0.1) is 0 Å². The second-order valence-electron chi connectivity index (χ2n) is 4.49. The normalized spacial score (nSPS) is 11.3. The first kappa shape index (κ1) is 15.2. The number of rotatable bonds is 4. The smallest absolute Gasteiger partial charge is 0.248 e. The third-order valence-electron chi connectivity index (χ3n) is 2.99. The number of benzene rings is 1. The Bertz CT molecular complexity index is 683. The fourth-order valence-electron chi connectivity index (χ4n) is 1.90. The van der Waals surface area contributed by atoms with Crippen LogP contribution in [0.3, 0.4) is 0 Å². The number of pyridine rings is 1. The number of nitrogens with zero attached hydrogens (tertiary/aromatic N) is 1. The molecule has 5 heteroatoms. The molecular formula is C16H15ClN2O2. The van der Waals surface area contributed by atoms with Crippen molar-refractivity contribution < 1.29 is 9.90 Å². The van der Waals surface area contributed by atoms with E-state index in [0.717, 1.165) is 11.1 Å². The summed E-state index contributed by atoms with van der Waals surface area (Å²) in [5, 5.41) is 12.5. The summed E-state index contributed by atoms with van der Waals surface area (Å²) in [6, 6.07) is 8.98. The van der Waals surface area contributed by atoms with Gasteiger partial charge in [0.25, 0.3) is 0 Å². The predicted octanol–water partition coefficient (Wildman–Crippen LogP) is 3.27. The summed E-state index contributed by atoms with van der Waals surface area (Å²) in [7, 11) is 0. The average Bonchev–Trinajstić information content (AvgIpc) is 2.48. The maximum Gasteiger partial charge on any atom is 0.248 e. The van der Waals surface area contributed by atoms with Crippen molar-refractivity contribution in [1.29, 1.82) is 0 Å². The van der Waals surface area contributed by atoms with Gasteiger partial charge >= 0.3 is 0 Å². The molecule has 0 atom stereocenters. The number of halogens is 1. The highest BCUT2D eigenvalue weighted by molar-refractivity contribution is 6.32. The second kappa shape index (κ2) is 7.02. The van der Waals surface area contributed by atoms with E-state index in [2.05, 4.69) is 10.3 Å². The molecule has 0 saturated carbocycles. The first-order valence-corrected chi connectivity index (χ1v) is 6.77. The number of aliphatic hydroxyl groups excluding tert-OH is 1. The van der Waals surface area contributed by atoms with Crippen LogP contribution in [-0.4, -0.2) is 16.0 Å². The van der Waals surface area contributed by atoms with Crippen molar-refractivity contribution >= 4 is 28.8 Å². The highest BCUT2D eigenvalue weighted by atomic mass is 35.5. The van der Waals surface area contributed by atoms with Crippen molar-refractivity contribution in [3.8, 4) is 0 Å². The Labute approximate surface area is 128 Å². The molecule has 1 heterocycles. The summed E-state index contributed by atoms with van der Waals surface area (Å²) in [6.45, 7) is 1.66. The van der Waals surface area contributed by atoms with Crippen molar-refractivity contribution in [2.24, 2.45) is 0 Å². The number of nitrogens with one attached hydrogen (secondary N) is 1. The topological polar surface area (TPSA) is 62.2 Å². The maximum atomic E-state index is 12.0. The van der Waals surface area contributed by atoms with Gasteiger partial charge in [-0.05, 0) is 30.2 Å². The van der Waals surface area contributed by atoms with Gasteiger partial charge < -0.3 is 10.4 Å². The van der Waals surface area contributed by atoms with E-state index in [1.165, 1.54) is 12.3 Å². The van der Waals surface area contributed by atoms with Gasteiger partial charge in [-0.1, -0.05) is 29.8 Å². The van der Waals surface area contributed by atoms with E-state index < -0.39 is 0 Å². The predicted molar refractivity (Wildman–Crippen MR) is 83.9 cm³/mol. The molecule has 1 amide bonds. The van der Waals surface area contributed by atoms with Crippen LogP contribution in [-0.2, 0) is 11.4 Å². The summed E-state index contributed by atoms with van der Waals surface area (Å²) in [6.07, 6.45) is 4.53. The number of allylic oxidation sites excluding steroid dienone is 1. The second-order valence-corrected chi connectivity index (χ2v) is 4.89. The van der Waals surface area contributed by atoms with Crippen LogP contribution in [0.5, 0.6) is 0 Å². The van der Waals surface area contributed by atoms with Crippen molar-refractivity contribution in [2.75, 3.05) is 5.32 Å². The summed E-state index contributed by atoms with van der Waals surface area (Å²) >= 11 is 6.09. The van der Waals surface area contributed by atoms with Crippen LogP contribution in [0.1, 0.15) is 18.1 Å². The van der Waals surface area contributed by atoms with Crippen molar-refractivity contribution in [3.63, 3.8) is 0 Å². The zero-order valence-corrected chi connectivity index (χ0v) is 12.3. The van der Waals surface area contributed by atoms with Gasteiger partial charge in [-0.25, -0.2) is 0 Å². The van der Waals surface area contributed by atoms with Crippen LogP contribution >= 0.6 is 11.6 Å². The monoisotopic (exact) mass is 302 g/mol. The molecule has 2 rings (SSSR count). The molecule has 21 heavy (non-hydrogen) atoms. The molecule has 0 bridgehead atoms. The molecule has 4 nitrogen and oxygen atoms in total. The number of hydrogen-bond donors (Lipinski definition) is 2. The number of aliphatic hydroxyl groups is 1. The van der Waals surface area contributed by atoms with E-state index in [1.54, 1.807) is 18.3 Å². The van der Waals surface area contributed by atoms with Crippen LogP contribution < -0.4 is 5.32 Å². The Hall–Kier alpha value is -2.17. The number of amides is 1. The first-order valence-electron chi connectivity index (χ1n) is 6.39. The SMILES string of the molecule is C/C(=C/C(=O)Nc1cnccc1CO)c1ccccc1Cl. The number of hydrogen-bond acceptors (Lipinski definition) is 3. The Morgan fingerprint density at radius 3 is 2.86 bits per heavy atom. The quantitative estimate of drug-likeness (QED) is 0.852. The largest absolute Gasteiger partial charge is 0.392 e. The van der Waals surface area contributed by atoms with Gasteiger partial charge in [-0.3, -0.25) is 9.78 Å². The summed E-state index contributed by atoms with van der Waals surface area (Å²) in [5.41, 5.74) is 2.67. The van der Waals surface area contributed by atoms with Gasteiger partial charge in [0.1, 0.15) is 0 Å². The third-order valence-corrected chi connectivity index (χ3v) is 3.32. The van der Waals surface area contributed by atoms with E-state index >= 15 is 0 Å². The molecule has 1 aromatic carbocycles. The molecule has 0 spiro atoms. The van der Waals surface area contributed by atoms with Crippen molar-refractivity contribution in [2.45, 2.75) is 13.5 Å². The first-order chi connectivity index (χ1) is 10.1. The van der Waals surface area contributed by atoms with Crippen LogP contribution in [0.4, 0.5) is 5.69 Å². The van der Waals surface area contributed by atoms with Crippen LogP contribution in [0.25, 0.3) is 5.57 Å². The van der Waals surface area contributed by atoms with Crippen LogP contribution in [0.2, 0.25) is 5.02 Å². The number of carbonyl (C=O) groups is 1. The zero-order chi connectivity index (χ0) is 15.2. The minimum Gasteiger partial charge on any atom is -0.392 e. The molecular weight excluding hydrogens is 288 g/mol. The highest BCUT2D eigenvalue weighted by Gasteiger charge is 2.07.